The fourth-order valence-electron chi connectivity index (χ4n) is 3.92. The van der Waals surface area contributed by atoms with Crippen LogP contribution in [0.15, 0.2) is 0 Å². The summed E-state index contributed by atoms with van der Waals surface area (Å²) in [6.45, 7) is 5.41. The first-order valence-corrected chi connectivity index (χ1v) is 8.65. The van der Waals surface area contributed by atoms with Crippen molar-refractivity contribution in [2.45, 2.75) is 50.7 Å². The number of hydrogen-bond acceptors (Lipinski definition) is 4. The van der Waals surface area contributed by atoms with Crippen molar-refractivity contribution in [1.82, 2.24) is 15.5 Å². The standard InChI is InChI=1S/C16H29N3O2/c20-16(18-11-14-3-2-10-21-14)12-19-8-5-13(6-9-19)15-4-1-7-17-15/h13-15,17H,1-12H2,(H,18,20). The molecule has 3 heterocycles. The molecule has 3 aliphatic heterocycles. The molecule has 0 spiro atoms. The van der Waals surface area contributed by atoms with Gasteiger partial charge in [0.1, 0.15) is 0 Å². The Morgan fingerprint density at radius 3 is 2.71 bits per heavy atom. The van der Waals surface area contributed by atoms with Crippen molar-refractivity contribution in [3.05, 3.63) is 0 Å². The van der Waals surface area contributed by atoms with E-state index in [-0.39, 0.29) is 12.0 Å². The van der Waals surface area contributed by atoms with Crippen LogP contribution in [0.25, 0.3) is 0 Å². The van der Waals surface area contributed by atoms with Crippen LogP contribution in [0.2, 0.25) is 0 Å². The highest BCUT2D eigenvalue weighted by molar-refractivity contribution is 5.78. The second-order valence-corrected chi connectivity index (χ2v) is 6.76. The summed E-state index contributed by atoms with van der Waals surface area (Å²) in [6.07, 6.45) is 7.59. The molecule has 2 N–H and O–H groups in total. The van der Waals surface area contributed by atoms with Crippen LogP contribution in [-0.2, 0) is 9.53 Å². The second-order valence-electron chi connectivity index (χ2n) is 6.76. The molecular weight excluding hydrogens is 266 g/mol. The number of ether oxygens (including phenoxy) is 1. The fraction of sp³-hybridized carbons (Fsp3) is 0.938. The summed E-state index contributed by atoms with van der Waals surface area (Å²) < 4.78 is 5.53. The van der Waals surface area contributed by atoms with Gasteiger partial charge < -0.3 is 15.4 Å². The Morgan fingerprint density at radius 1 is 1.19 bits per heavy atom. The number of rotatable bonds is 5. The minimum absolute atomic E-state index is 0.156. The number of piperidine rings is 1. The summed E-state index contributed by atoms with van der Waals surface area (Å²) in [4.78, 5) is 14.3. The lowest BCUT2D eigenvalue weighted by molar-refractivity contribution is -0.123. The van der Waals surface area contributed by atoms with Gasteiger partial charge in [-0.1, -0.05) is 0 Å². The maximum absolute atomic E-state index is 12.0. The lowest BCUT2D eigenvalue weighted by Crippen LogP contribution is -2.45. The zero-order valence-electron chi connectivity index (χ0n) is 13.0. The van der Waals surface area contributed by atoms with E-state index in [1.807, 2.05) is 0 Å². The molecule has 3 fully saturated rings. The molecule has 1 amide bonds. The third-order valence-corrected chi connectivity index (χ3v) is 5.22. The molecule has 2 unspecified atom stereocenters. The van der Waals surface area contributed by atoms with Crippen LogP contribution in [0, 0.1) is 5.92 Å². The summed E-state index contributed by atoms with van der Waals surface area (Å²) in [5.41, 5.74) is 0. The van der Waals surface area contributed by atoms with Crippen LogP contribution in [0.1, 0.15) is 38.5 Å². The first-order valence-electron chi connectivity index (χ1n) is 8.65. The van der Waals surface area contributed by atoms with Crippen LogP contribution in [-0.4, -0.2) is 62.3 Å². The summed E-state index contributed by atoms with van der Waals surface area (Å²) >= 11 is 0. The van der Waals surface area contributed by atoms with E-state index in [4.69, 9.17) is 4.74 Å². The highest BCUT2D eigenvalue weighted by Gasteiger charge is 2.28. The molecule has 120 valence electrons. The van der Waals surface area contributed by atoms with Crippen LogP contribution in [0.5, 0.6) is 0 Å². The second kappa shape index (κ2) is 7.56. The quantitative estimate of drug-likeness (QED) is 0.786. The number of likely N-dealkylation sites (tertiary alicyclic amines) is 1. The molecule has 3 saturated heterocycles. The molecular formula is C16H29N3O2. The van der Waals surface area contributed by atoms with Crippen molar-refractivity contribution in [3.8, 4) is 0 Å². The summed E-state index contributed by atoms with van der Waals surface area (Å²) in [5.74, 6) is 0.974. The van der Waals surface area contributed by atoms with E-state index in [0.29, 0.717) is 13.1 Å². The Labute approximate surface area is 127 Å². The van der Waals surface area contributed by atoms with Crippen LogP contribution >= 0.6 is 0 Å². The molecule has 5 heteroatoms. The SMILES string of the molecule is O=C(CN1CCC(C2CCCN2)CC1)NCC1CCCO1. The van der Waals surface area contributed by atoms with Crippen molar-refractivity contribution < 1.29 is 9.53 Å². The molecule has 0 aromatic rings. The number of amides is 1. The van der Waals surface area contributed by atoms with E-state index >= 15 is 0 Å². The first-order chi connectivity index (χ1) is 10.3. The van der Waals surface area contributed by atoms with E-state index in [2.05, 4.69) is 15.5 Å². The molecule has 0 radical (unpaired) electrons. The highest BCUT2D eigenvalue weighted by Crippen LogP contribution is 2.25. The van der Waals surface area contributed by atoms with Gasteiger partial charge in [-0.25, -0.2) is 0 Å². The normalized spacial score (nSPS) is 31.6. The van der Waals surface area contributed by atoms with Crippen molar-refractivity contribution in [1.29, 1.82) is 0 Å². The van der Waals surface area contributed by atoms with Gasteiger partial charge in [0.2, 0.25) is 5.91 Å². The predicted octanol–water partition coefficient (Wildman–Crippen LogP) is 0.746. The zero-order valence-corrected chi connectivity index (χ0v) is 13.0. The van der Waals surface area contributed by atoms with E-state index in [1.54, 1.807) is 0 Å². The van der Waals surface area contributed by atoms with Crippen molar-refractivity contribution in [2.24, 2.45) is 5.92 Å². The summed E-state index contributed by atoms with van der Waals surface area (Å²) in [6, 6.07) is 0.737. The smallest absolute Gasteiger partial charge is 0.234 e. The summed E-state index contributed by atoms with van der Waals surface area (Å²) in [7, 11) is 0. The monoisotopic (exact) mass is 295 g/mol. The van der Waals surface area contributed by atoms with E-state index in [9.17, 15) is 4.79 Å². The molecule has 2 atom stereocenters. The fourth-order valence-corrected chi connectivity index (χ4v) is 3.92. The van der Waals surface area contributed by atoms with E-state index in [0.717, 1.165) is 44.5 Å². The van der Waals surface area contributed by atoms with Gasteiger partial charge in [-0.05, 0) is 64.1 Å². The van der Waals surface area contributed by atoms with Crippen LogP contribution in [0.4, 0.5) is 0 Å². The Morgan fingerprint density at radius 2 is 2.05 bits per heavy atom. The number of hydrogen-bond donors (Lipinski definition) is 2. The Balaban J connectivity index is 1.31. The van der Waals surface area contributed by atoms with Gasteiger partial charge in [-0.2, -0.15) is 0 Å². The van der Waals surface area contributed by atoms with Gasteiger partial charge in [0.05, 0.1) is 12.6 Å². The maximum Gasteiger partial charge on any atom is 0.234 e. The number of nitrogens with one attached hydrogen (secondary N) is 2. The summed E-state index contributed by atoms with van der Waals surface area (Å²) in [5, 5.41) is 6.64. The average Bonchev–Trinajstić information content (AvgIpc) is 3.19. The number of carbonyl (C=O) groups is 1. The average molecular weight is 295 g/mol. The van der Waals surface area contributed by atoms with Crippen molar-refractivity contribution >= 4 is 5.91 Å². The molecule has 0 aromatic carbocycles. The van der Waals surface area contributed by atoms with Gasteiger partial charge in [0.15, 0.2) is 0 Å². The minimum atomic E-state index is 0.156. The third kappa shape index (κ3) is 4.41. The Kier molecular flexibility index (Phi) is 5.49. The molecule has 3 rings (SSSR count). The van der Waals surface area contributed by atoms with Crippen LogP contribution in [0.3, 0.4) is 0 Å². The van der Waals surface area contributed by atoms with E-state index < -0.39 is 0 Å². The molecule has 0 aliphatic carbocycles. The molecule has 0 saturated carbocycles. The zero-order chi connectivity index (χ0) is 14.5. The van der Waals surface area contributed by atoms with Gasteiger partial charge in [0.25, 0.3) is 0 Å². The maximum atomic E-state index is 12.0. The van der Waals surface area contributed by atoms with E-state index in [1.165, 1.54) is 32.2 Å². The topological polar surface area (TPSA) is 53.6 Å². The number of nitrogens with zero attached hydrogens (tertiary/aromatic N) is 1. The third-order valence-electron chi connectivity index (χ3n) is 5.22. The molecule has 21 heavy (non-hydrogen) atoms. The Bertz CT molecular complexity index is 330. The highest BCUT2D eigenvalue weighted by atomic mass is 16.5. The molecule has 5 nitrogen and oxygen atoms in total. The lowest BCUT2D eigenvalue weighted by atomic mass is 9.88. The molecule has 0 aromatic heterocycles. The van der Waals surface area contributed by atoms with Crippen molar-refractivity contribution in [2.75, 3.05) is 39.3 Å². The van der Waals surface area contributed by atoms with Gasteiger partial charge in [-0.15, -0.1) is 0 Å². The molecule has 0 bridgehead atoms. The lowest BCUT2D eigenvalue weighted by Gasteiger charge is -2.34. The van der Waals surface area contributed by atoms with Crippen LogP contribution < -0.4 is 10.6 Å². The molecule has 3 aliphatic rings. The number of carbonyl (C=O) groups excluding carboxylic acids is 1. The Hall–Kier alpha value is -0.650. The van der Waals surface area contributed by atoms with Gasteiger partial charge in [-0.3, -0.25) is 9.69 Å². The minimum Gasteiger partial charge on any atom is -0.376 e. The van der Waals surface area contributed by atoms with Gasteiger partial charge in [0, 0.05) is 19.2 Å². The largest absolute Gasteiger partial charge is 0.376 e. The van der Waals surface area contributed by atoms with Crippen molar-refractivity contribution in [3.63, 3.8) is 0 Å². The van der Waals surface area contributed by atoms with Gasteiger partial charge >= 0.3 is 0 Å². The predicted molar refractivity (Wildman–Crippen MR) is 82.2 cm³/mol. The first kappa shape index (κ1) is 15.3.